The van der Waals surface area contributed by atoms with Gasteiger partial charge in [0, 0.05) is 6.04 Å². The predicted molar refractivity (Wildman–Crippen MR) is 81.9 cm³/mol. The second-order valence-corrected chi connectivity index (χ2v) is 6.33. The number of carbonyl (C=O) groups excluding carboxylic acids is 2. The highest BCUT2D eigenvalue weighted by Crippen LogP contribution is 2.23. The van der Waals surface area contributed by atoms with E-state index in [-0.39, 0.29) is 18.0 Å². The smallest absolute Gasteiger partial charge is 0.328 e. The van der Waals surface area contributed by atoms with E-state index in [1.165, 1.54) is 13.5 Å². The number of methoxy groups -OCH3 is 1. The van der Waals surface area contributed by atoms with Crippen LogP contribution in [-0.2, 0) is 9.53 Å². The average molecular weight is 302 g/mol. The molecule has 0 bridgehead atoms. The molecule has 1 aliphatic rings. The van der Waals surface area contributed by atoms with Crippen LogP contribution in [0.3, 0.4) is 0 Å². The molecule has 6 heteroatoms. The Hall–Kier alpha value is -0.910. The van der Waals surface area contributed by atoms with Gasteiger partial charge in [0.05, 0.1) is 7.11 Å². The number of hydrogen-bond donors (Lipinski definition) is 2. The van der Waals surface area contributed by atoms with E-state index in [0.717, 1.165) is 25.0 Å². The lowest BCUT2D eigenvalue weighted by Gasteiger charge is -2.30. The molecule has 2 amide bonds. The Bertz CT molecular complexity index is 326. The van der Waals surface area contributed by atoms with Crippen molar-refractivity contribution in [3.05, 3.63) is 0 Å². The highest BCUT2D eigenvalue weighted by Gasteiger charge is 2.25. The van der Waals surface area contributed by atoms with Gasteiger partial charge in [-0.2, -0.15) is 11.8 Å². The number of esters is 1. The quantitative estimate of drug-likeness (QED) is 0.738. The Morgan fingerprint density at radius 3 is 2.65 bits per heavy atom. The summed E-state index contributed by atoms with van der Waals surface area (Å²) in [5, 5.41) is 5.72. The zero-order valence-electron chi connectivity index (χ0n) is 12.6. The van der Waals surface area contributed by atoms with Crippen LogP contribution < -0.4 is 10.6 Å². The Morgan fingerprint density at radius 1 is 1.35 bits per heavy atom. The molecule has 0 unspecified atom stereocenters. The number of hydrogen-bond acceptors (Lipinski definition) is 4. The first-order valence-corrected chi connectivity index (χ1v) is 8.61. The van der Waals surface area contributed by atoms with Gasteiger partial charge in [0.2, 0.25) is 0 Å². The minimum absolute atomic E-state index is 0.211. The fourth-order valence-electron chi connectivity index (χ4n) is 2.53. The molecule has 0 aromatic rings. The van der Waals surface area contributed by atoms with Gasteiger partial charge in [-0.1, -0.05) is 19.8 Å². The van der Waals surface area contributed by atoms with Crippen LogP contribution in [-0.4, -0.2) is 43.2 Å². The summed E-state index contributed by atoms with van der Waals surface area (Å²) in [5.74, 6) is 0.919. The maximum absolute atomic E-state index is 12.0. The Kier molecular flexibility index (Phi) is 7.80. The van der Waals surface area contributed by atoms with Crippen molar-refractivity contribution in [3.8, 4) is 0 Å². The van der Waals surface area contributed by atoms with Crippen LogP contribution in [0.4, 0.5) is 4.79 Å². The van der Waals surface area contributed by atoms with E-state index in [1.54, 1.807) is 11.8 Å². The molecule has 5 nitrogen and oxygen atoms in total. The summed E-state index contributed by atoms with van der Waals surface area (Å²) in [6.45, 7) is 2.16. The van der Waals surface area contributed by atoms with E-state index < -0.39 is 6.04 Å². The summed E-state index contributed by atoms with van der Waals surface area (Å²) in [6, 6.07) is -0.616. The average Bonchev–Trinajstić information content (AvgIpc) is 2.45. The van der Waals surface area contributed by atoms with Crippen LogP contribution in [0.25, 0.3) is 0 Å². The maximum atomic E-state index is 12.0. The predicted octanol–water partition coefficient (Wildman–Crippen LogP) is 2.16. The van der Waals surface area contributed by atoms with Gasteiger partial charge in [-0.25, -0.2) is 9.59 Å². The molecular formula is C14H26N2O3S. The third-order valence-electron chi connectivity index (χ3n) is 3.83. The first-order valence-electron chi connectivity index (χ1n) is 7.22. The molecule has 0 aromatic carbocycles. The molecule has 0 saturated heterocycles. The Morgan fingerprint density at radius 2 is 2.05 bits per heavy atom. The van der Waals surface area contributed by atoms with E-state index in [1.807, 2.05) is 6.26 Å². The molecule has 1 saturated carbocycles. The van der Waals surface area contributed by atoms with Crippen molar-refractivity contribution >= 4 is 23.8 Å². The van der Waals surface area contributed by atoms with Crippen LogP contribution in [0, 0.1) is 5.92 Å². The zero-order chi connectivity index (χ0) is 15.0. The van der Waals surface area contributed by atoms with Gasteiger partial charge < -0.3 is 15.4 Å². The molecule has 116 valence electrons. The lowest BCUT2D eigenvalue weighted by Crippen LogP contribution is -2.51. The summed E-state index contributed by atoms with van der Waals surface area (Å²) in [7, 11) is 1.34. The molecule has 0 aliphatic heterocycles. The number of rotatable bonds is 6. The van der Waals surface area contributed by atoms with Gasteiger partial charge >= 0.3 is 12.0 Å². The summed E-state index contributed by atoms with van der Waals surface area (Å²) in [4.78, 5) is 23.6. The number of amides is 2. The molecule has 0 radical (unpaired) electrons. The summed E-state index contributed by atoms with van der Waals surface area (Å²) in [5.41, 5.74) is 0. The number of carbonyl (C=O) groups is 2. The molecule has 20 heavy (non-hydrogen) atoms. The Labute approximate surface area is 125 Å². The first kappa shape index (κ1) is 17.1. The van der Waals surface area contributed by atoms with Crippen molar-refractivity contribution < 1.29 is 14.3 Å². The molecular weight excluding hydrogens is 276 g/mol. The number of ether oxygens (including phenoxy) is 1. The maximum Gasteiger partial charge on any atom is 0.328 e. The minimum atomic E-state index is -0.564. The largest absolute Gasteiger partial charge is 0.467 e. The van der Waals surface area contributed by atoms with Crippen molar-refractivity contribution in [1.82, 2.24) is 10.6 Å². The van der Waals surface area contributed by atoms with E-state index in [4.69, 9.17) is 4.74 Å². The second-order valence-electron chi connectivity index (χ2n) is 5.34. The monoisotopic (exact) mass is 302 g/mol. The molecule has 1 fully saturated rings. The highest BCUT2D eigenvalue weighted by molar-refractivity contribution is 7.98. The van der Waals surface area contributed by atoms with E-state index >= 15 is 0 Å². The lowest BCUT2D eigenvalue weighted by atomic mass is 9.86. The molecule has 0 heterocycles. The third-order valence-corrected chi connectivity index (χ3v) is 4.47. The fraction of sp³-hybridized carbons (Fsp3) is 0.857. The zero-order valence-corrected chi connectivity index (χ0v) is 13.4. The molecule has 0 spiro atoms. The van der Waals surface area contributed by atoms with Crippen LogP contribution >= 0.6 is 11.8 Å². The summed E-state index contributed by atoms with van der Waals surface area (Å²) in [6.07, 6.45) is 7.11. The molecule has 2 N–H and O–H groups in total. The summed E-state index contributed by atoms with van der Waals surface area (Å²) >= 11 is 1.64. The normalized spacial score (nSPS) is 23.8. The highest BCUT2D eigenvalue weighted by atomic mass is 32.2. The third kappa shape index (κ3) is 5.61. The van der Waals surface area contributed by atoms with Gasteiger partial charge in [0.15, 0.2) is 0 Å². The summed E-state index contributed by atoms with van der Waals surface area (Å²) < 4.78 is 4.73. The van der Waals surface area contributed by atoms with Crippen LogP contribution in [0.2, 0.25) is 0 Å². The van der Waals surface area contributed by atoms with Gasteiger partial charge in [-0.3, -0.25) is 0 Å². The molecule has 1 rings (SSSR count). The Balaban J connectivity index is 2.45. The van der Waals surface area contributed by atoms with Gasteiger partial charge in [-0.05, 0) is 37.2 Å². The fourth-order valence-corrected chi connectivity index (χ4v) is 3.00. The van der Waals surface area contributed by atoms with Crippen LogP contribution in [0.15, 0.2) is 0 Å². The van der Waals surface area contributed by atoms with Crippen LogP contribution in [0.1, 0.15) is 39.0 Å². The van der Waals surface area contributed by atoms with E-state index in [2.05, 4.69) is 17.6 Å². The molecule has 3 atom stereocenters. The standard InChI is InChI=1S/C14H26N2O3S/c1-10-6-4-5-7-11(10)15-14(18)16-12(8-9-20-3)13(17)19-2/h10-12H,4-9H2,1-3H3,(H2,15,16,18)/t10-,11+,12+/m0/s1. The number of urea groups is 1. The number of thioether (sulfide) groups is 1. The topological polar surface area (TPSA) is 67.4 Å². The van der Waals surface area contributed by atoms with E-state index in [9.17, 15) is 9.59 Å². The van der Waals surface area contributed by atoms with Crippen molar-refractivity contribution in [2.75, 3.05) is 19.1 Å². The van der Waals surface area contributed by atoms with Crippen molar-refractivity contribution in [2.45, 2.75) is 51.1 Å². The van der Waals surface area contributed by atoms with Crippen molar-refractivity contribution in [3.63, 3.8) is 0 Å². The second kappa shape index (κ2) is 9.10. The lowest BCUT2D eigenvalue weighted by molar-refractivity contribution is -0.142. The molecule has 0 aromatic heterocycles. The van der Waals surface area contributed by atoms with Gasteiger partial charge in [-0.15, -0.1) is 0 Å². The SMILES string of the molecule is COC(=O)[C@@H](CCSC)NC(=O)N[C@@H]1CCCC[C@@H]1C. The van der Waals surface area contributed by atoms with Crippen molar-refractivity contribution in [1.29, 1.82) is 0 Å². The van der Waals surface area contributed by atoms with Crippen LogP contribution in [0.5, 0.6) is 0 Å². The van der Waals surface area contributed by atoms with Crippen molar-refractivity contribution in [2.24, 2.45) is 5.92 Å². The van der Waals surface area contributed by atoms with Gasteiger partial charge in [0.1, 0.15) is 6.04 Å². The number of nitrogens with one attached hydrogen (secondary N) is 2. The molecule has 1 aliphatic carbocycles. The minimum Gasteiger partial charge on any atom is -0.467 e. The first-order chi connectivity index (χ1) is 9.58. The van der Waals surface area contributed by atoms with E-state index in [0.29, 0.717) is 12.3 Å². The van der Waals surface area contributed by atoms with Gasteiger partial charge in [0.25, 0.3) is 0 Å².